The second kappa shape index (κ2) is 7.66. The summed E-state index contributed by atoms with van der Waals surface area (Å²) in [6.45, 7) is 1.60. The summed E-state index contributed by atoms with van der Waals surface area (Å²) in [5.74, 6) is 0.105. The molecule has 27 heavy (non-hydrogen) atoms. The number of carbonyl (C=O) groups is 1. The van der Waals surface area contributed by atoms with Crippen molar-refractivity contribution in [1.29, 1.82) is 0 Å². The number of rotatable bonds is 5. The van der Waals surface area contributed by atoms with Crippen molar-refractivity contribution in [1.82, 2.24) is 9.88 Å². The molecule has 1 aromatic heterocycles. The van der Waals surface area contributed by atoms with Crippen LogP contribution in [0.1, 0.15) is 23.7 Å². The van der Waals surface area contributed by atoms with Gasteiger partial charge in [0.25, 0.3) is 5.69 Å². The van der Waals surface area contributed by atoms with Crippen molar-refractivity contribution in [2.24, 2.45) is 0 Å². The zero-order chi connectivity index (χ0) is 18.8. The minimum Gasteiger partial charge on any atom is -0.341 e. The maximum absolute atomic E-state index is 13.1. The number of hydrogen-bond donors (Lipinski definition) is 0. The molecule has 2 heterocycles. The van der Waals surface area contributed by atoms with Crippen LogP contribution in [0.5, 0.6) is 0 Å². The number of nitro benzene ring substituents is 1. The van der Waals surface area contributed by atoms with Gasteiger partial charge in [-0.3, -0.25) is 14.9 Å². The number of aromatic nitrogens is 1. The van der Waals surface area contributed by atoms with Crippen LogP contribution in [0, 0.1) is 10.1 Å². The highest BCUT2D eigenvalue weighted by Crippen LogP contribution is 2.41. The number of nitro groups is 1. The fraction of sp³-hybridized carbons (Fsp3) is 0.263. The minimum atomic E-state index is -0.407. The Bertz CT molecular complexity index is 984. The van der Waals surface area contributed by atoms with Crippen molar-refractivity contribution in [2.45, 2.75) is 22.4 Å². The quantitative estimate of drug-likeness (QED) is 0.354. The molecule has 0 saturated carbocycles. The summed E-state index contributed by atoms with van der Waals surface area (Å²) in [6, 6.07) is 14.4. The normalized spacial score (nSPS) is 15.2. The molecule has 0 aliphatic carbocycles. The Balaban J connectivity index is 1.65. The van der Waals surface area contributed by atoms with Crippen LogP contribution in [0.3, 0.4) is 0 Å². The van der Waals surface area contributed by atoms with E-state index in [1.807, 2.05) is 35.2 Å². The number of fused-ring (bicyclic) bond motifs is 1. The Kier molecular flexibility index (Phi) is 5.09. The van der Waals surface area contributed by atoms with Gasteiger partial charge >= 0.3 is 0 Å². The van der Waals surface area contributed by atoms with Gasteiger partial charge in [0.1, 0.15) is 5.25 Å². The number of nitrogens with zero attached hydrogens (tertiary/aromatic N) is 3. The SMILES string of the molecule is O=C([C@H](Sc1nc2ccc([N+](=O)[O-])cc2s1)c1ccccc1)N1CCCC1. The topological polar surface area (TPSA) is 76.3 Å². The predicted molar refractivity (Wildman–Crippen MR) is 107 cm³/mol. The van der Waals surface area contributed by atoms with E-state index in [0.29, 0.717) is 5.52 Å². The molecule has 4 rings (SSSR count). The average Bonchev–Trinajstić information content (AvgIpc) is 3.35. The number of thioether (sulfide) groups is 1. The molecule has 1 fully saturated rings. The molecule has 0 spiro atoms. The molecule has 1 aliphatic rings. The zero-order valence-electron chi connectivity index (χ0n) is 14.4. The van der Waals surface area contributed by atoms with Crippen LogP contribution in [0.2, 0.25) is 0 Å². The van der Waals surface area contributed by atoms with E-state index in [1.54, 1.807) is 6.07 Å². The summed E-state index contributed by atoms with van der Waals surface area (Å²) in [7, 11) is 0. The molecule has 3 aromatic rings. The van der Waals surface area contributed by atoms with Gasteiger partial charge in [-0.05, 0) is 24.5 Å². The van der Waals surface area contributed by atoms with Crippen LogP contribution in [0.4, 0.5) is 5.69 Å². The maximum atomic E-state index is 13.1. The second-order valence-corrected chi connectivity index (χ2v) is 8.71. The molecule has 138 valence electrons. The lowest BCUT2D eigenvalue weighted by Gasteiger charge is -2.22. The first-order chi connectivity index (χ1) is 13.1. The number of benzene rings is 2. The number of hydrogen-bond acceptors (Lipinski definition) is 6. The van der Waals surface area contributed by atoms with Crippen molar-refractivity contribution in [3.63, 3.8) is 0 Å². The lowest BCUT2D eigenvalue weighted by atomic mass is 10.1. The van der Waals surface area contributed by atoms with Crippen LogP contribution in [-0.2, 0) is 4.79 Å². The van der Waals surface area contributed by atoms with Gasteiger partial charge in [-0.2, -0.15) is 0 Å². The van der Waals surface area contributed by atoms with Crippen molar-refractivity contribution < 1.29 is 9.72 Å². The molecule has 0 radical (unpaired) electrons. The van der Waals surface area contributed by atoms with Crippen LogP contribution in [0.25, 0.3) is 10.2 Å². The molecule has 1 aliphatic heterocycles. The Hall–Kier alpha value is -2.45. The van der Waals surface area contributed by atoms with Crippen molar-refractivity contribution in [3.8, 4) is 0 Å². The molecule has 0 N–H and O–H groups in total. The Morgan fingerprint density at radius 2 is 1.93 bits per heavy atom. The third kappa shape index (κ3) is 3.81. The van der Waals surface area contributed by atoms with E-state index in [0.717, 1.165) is 40.5 Å². The first kappa shape index (κ1) is 17.9. The summed E-state index contributed by atoms with van der Waals surface area (Å²) in [6.07, 6.45) is 2.09. The predicted octanol–water partition coefficient (Wildman–Crippen LogP) is 4.66. The van der Waals surface area contributed by atoms with Crippen LogP contribution < -0.4 is 0 Å². The Labute approximate surface area is 164 Å². The van der Waals surface area contributed by atoms with Crippen LogP contribution in [0.15, 0.2) is 52.9 Å². The van der Waals surface area contributed by atoms with E-state index < -0.39 is 4.92 Å². The summed E-state index contributed by atoms with van der Waals surface area (Å²) < 4.78 is 1.50. The highest BCUT2D eigenvalue weighted by molar-refractivity contribution is 8.02. The number of likely N-dealkylation sites (tertiary alicyclic amines) is 1. The molecular formula is C19H17N3O3S2. The zero-order valence-corrected chi connectivity index (χ0v) is 16.0. The smallest absolute Gasteiger partial charge is 0.270 e. The van der Waals surface area contributed by atoms with Gasteiger partial charge in [-0.15, -0.1) is 11.3 Å². The van der Waals surface area contributed by atoms with Gasteiger partial charge in [-0.1, -0.05) is 42.1 Å². The average molecular weight is 399 g/mol. The molecule has 8 heteroatoms. The second-order valence-electron chi connectivity index (χ2n) is 6.33. The summed E-state index contributed by atoms with van der Waals surface area (Å²) in [5.41, 5.74) is 1.72. The third-order valence-corrected chi connectivity index (χ3v) is 6.88. The Morgan fingerprint density at radius 3 is 2.63 bits per heavy atom. The molecule has 1 atom stereocenters. The first-order valence-electron chi connectivity index (χ1n) is 8.67. The third-order valence-electron chi connectivity index (χ3n) is 4.53. The number of amides is 1. The van der Waals surface area contributed by atoms with Gasteiger partial charge in [0, 0.05) is 25.2 Å². The number of carbonyl (C=O) groups excluding carboxylic acids is 1. The van der Waals surface area contributed by atoms with Gasteiger partial charge in [0.2, 0.25) is 5.91 Å². The van der Waals surface area contributed by atoms with Crippen LogP contribution in [-0.4, -0.2) is 33.8 Å². The van der Waals surface area contributed by atoms with Crippen molar-refractivity contribution in [2.75, 3.05) is 13.1 Å². The largest absolute Gasteiger partial charge is 0.341 e. The van der Waals surface area contributed by atoms with E-state index >= 15 is 0 Å². The molecule has 6 nitrogen and oxygen atoms in total. The first-order valence-corrected chi connectivity index (χ1v) is 10.4. The lowest BCUT2D eigenvalue weighted by Crippen LogP contribution is -2.31. The molecule has 1 saturated heterocycles. The molecular weight excluding hydrogens is 382 g/mol. The fourth-order valence-corrected chi connectivity index (χ4v) is 5.53. The molecule has 0 unspecified atom stereocenters. The van der Waals surface area contributed by atoms with E-state index in [-0.39, 0.29) is 16.8 Å². The Morgan fingerprint density at radius 1 is 1.19 bits per heavy atom. The maximum Gasteiger partial charge on any atom is 0.270 e. The van der Waals surface area contributed by atoms with E-state index in [4.69, 9.17) is 0 Å². The highest BCUT2D eigenvalue weighted by Gasteiger charge is 2.29. The fourth-order valence-electron chi connectivity index (χ4n) is 3.15. The lowest BCUT2D eigenvalue weighted by molar-refractivity contribution is -0.384. The van der Waals surface area contributed by atoms with Crippen LogP contribution >= 0.6 is 23.1 Å². The molecule has 0 bridgehead atoms. The number of thiazole rings is 1. The standard InChI is InChI=1S/C19H17N3O3S2/c23-18(21-10-4-5-11-21)17(13-6-2-1-3-7-13)27-19-20-15-9-8-14(22(24)25)12-16(15)26-19/h1-3,6-9,12,17H,4-5,10-11H2/t17-/m1/s1. The highest BCUT2D eigenvalue weighted by atomic mass is 32.2. The van der Waals surface area contributed by atoms with Crippen molar-refractivity contribution >= 4 is 44.9 Å². The number of non-ortho nitro benzene ring substituents is 1. The minimum absolute atomic E-state index is 0.0513. The molecule has 1 amide bonds. The van der Waals surface area contributed by atoms with E-state index in [1.165, 1.54) is 35.2 Å². The van der Waals surface area contributed by atoms with Gasteiger partial charge in [0.15, 0.2) is 4.34 Å². The monoisotopic (exact) mass is 399 g/mol. The van der Waals surface area contributed by atoms with Gasteiger partial charge < -0.3 is 4.90 Å². The molecule has 2 aromatic carbocycles. The summed E-state index contributed by atoms with van der Waals surface area (Å²) in [5, 5.41) is 10.6. The van der Waals surface area contributed by atoms with E-state index in [2.05, 4.69) is 4.98 Å². The summed E-state index contributed by atoms with van der Waals surface area (Å²) >= 11 is 2.81. The van der Waals surface area contributed by atoms with Gasteiger partial charge in [0.05, 0.1) is 15.1 Å². The van der Waals surface area contributed by atoms with E-state index in [9.17, 15) is 14.9 Å². The van der Waals surface area contributed by atoms with Crippen molar-refractivity contribution in [3.05, 3.63) is 64.2 Å². The van der Waals surface area contributed by atoms with Gasteiger partial charge in [-0.25, -0.2) is 4.98 Å². The summed E-state index contributed by atoms with van der Waals surface area (Å²) in [4.78, 5) is 30.2.